The van der Waals surface area contributed by atoms with E-state index >= 15 is 0 Å². The average Bonchev–Trinajstić information content (AvgIpc) is 2.65. The number of rotatable bonds is 11. The predicted octanol–water partition coefficient (Wildman–Crippen LogP) is 3.52. The van der Waals surface area contributed by atoms with Crippen LogP contribution in [-0.2, 0) is 9.53 Å². The highest BCUT2D eigenvalue weighted by Crippen LogP contribution is 2.19. The van der Waals surface area contributed by atoms with Crippen molar-refractivity contribution in [1.29, 1.82) is 0 Å². The summed E-state index contributed by atoms with van der Waals surface area (Å²) >= 11 is 0. The number of amides is 1. The summed E-state index contributed by atoms with van der Waals surface area (Å²) < 4.78 is 10.8. The second-order valence-electron chi connectivity index (χ2n) is 6.15. The highest BCUT2D eigenvalue weighted by molar-refractivity contribution is 5.92. The predicted molar refractivity (Wildman–Crippen MR) is 101 cm³/mol. The van der Waals surface area contributed by atoms with E-state index in [2.05, 4.69) is 16.7 Å². The Labute approximate surface area is 150 Å². The summed E-state index contributed by atoms with van der Waals surface area (Å²) in [6.07, 6.45) is 8.44. The number of hydrogen-bond donors (Lipinski definition) is 2. The Balaban J connectivity index is 1.60. The van der Waals surface area contributed by atoms with Gasteiger partial charge in [-0.05, 0) is 69.8 Å². The van der Waals surface area contributed by atoms with Gasteiger partial charge in [0.25, 0.3) is 0 Å². The lowest BCUT2D eigenvalue weighted by molar-refractivity contribution is -0.115. The highest BCUT2D eigenvalue weighted by atomic mass is 16.5. The van der Waals surface area contributed by atoms with E-state index in [-0.39, 0.29) is 5.91 Å². The molecule has 1 aliphatic rings. The largest absolute Gasteiger partial charge is 0.491 e. The van der Waals surface area contributed by atoms with Gasteiger partial charge in [-0.2, -0.15) is 0 Å². The first-order valence-electron chi connectivity index (χ1n) is 9.27. The number of ether oxygens (including phenoxy) is 2. The standard InChI is InChI=1S/C20H30N2O3/c1-2-24-14-15-25-19-10-8-18(9-11-19)22-20(23)16-21-13-12-17-6-4-3-5-7-17/h6,8-11,21H,2-5,7,12-16H2,1H3,(H,22,23). The highest BCUT2D eigenvalue weighted by Gasteiger charge is 2.05. The molecule has 0 atom stereocenters. The molecule has 0 aromatic heterocycles. The Hall–Kier alpha value is -1.85. The van der Waals surface area contributed by atoms with Crippen LogP contribution in [0.3, 0.4) is 0 Å². The number of benzene rings is 1. The SMILES string of the molecule is CCOCCOc1ccc(NC(=O)CNCCC2=CCCCC2)cc1. The first-order valence-corrected chi connectivity index (χ1v) is 9.27. The normalized spacial score (nSPS) is 14.0. The fraction of sp³-hybridized carbons (Fsp3) is 0.550. The first-order chi connectivity index (χ1) is 12.3. The fourth-order valence-electron chi connectivity index (χ4n) is 2.79. The molecule has 1 aromatic carbocycles. The van der Waals surface area contributed by atoms with E-state index < -0.39 is 0 Å². The summed E-state index contributed by atoms with van der Waals surface area (Å²) in [5, 5.41) is 6.10. The van der Waals surface area contributed by atoms with Gasteiger partial charge < -0.3 is 20.1 Å². The van der Waals surface area contributed by atoms with Crippen molar-refractivity contribution < 1.29 is 14.3 Å². The van der Waals surface area contributed by atoms with E-state index in [9.17, 15) is 4.79 Å². The van der Waals surface area contributed by atoms with Crippen LogP contribution in [0.15, 0.2) is 35.9 Å². The van der Waals surface area contributed by atoms with Crippen molar-refractivity contribution in [3.05, 3.63) is 35.9 Å². The fourth-order valence-corrected chi connectivity index (χ4v) is 2.79. The molecule has 2 N–H and O–H groups in total. The zero-order chi connectivity index (χ0) is 17.7. The van der Waals surface area contributed by atoms with Crippen LogP contribution < -0.4 is 15.4 Å². The third-order valence-electron chi connectivity index (χ3n) is 4.13. The smallest absolute Gasteiger partial charge is 0.238 e. The van der Waals surface area contributed by atoms with Gasteiger partial charge in [-0.3, -0.25) is 4.79 Å². The third-order valence-corrected chi connectivity index (χ3v) is 4.13. The lowest BCUT2D eigenvalue weighted by atomic mass is 9.97. The van der Waals surface area contributed by atoms with Crippen molar-refractivity contribution in [3.63, 3.8) is 0 Å². The van der Waals surface area contributed by atoms with Crippen molar-refractivity contribution >= 4 is 11.6 Å². The molecule has 0 heterocycles. The monoisotopic (exact) mass is 346 g/mol. The van der Waals surface area contributed by atoms with Crippen LogP contribution in [-0.4, -0.2) is 38.8 Å². The van der Waals surface area contributed by atoms with E-state index in [1.807, 2.05) is 31.2 Å². The molecule has 5 nitrogen and oxygen atoms in total. The van der Waals surface area contributed by atoms with Crippen molar-refractivity contribution in [2.24, 2.45) is 0 Å². The second kappa shape index (κ2) is 11.7. The Morgan fingerprint density at radius 2 is 2.00 bits per heavy atom. The lowest BCUT2D eigenvalue weighted by Gasteiger charge is -2.13. The molecule has 2 rings (SSSR count). The molecule has 0 aliphatic heterocycles. The maximum atomic E-state index is 12.0. The minimum Gasteiger partial charge on any atom is -0.491 e. The molecule has 0 unspecified atom stereocenters. The maximum Gasteiger partial charge on any atom is 0.238 e. The molecule has 0 bridgehead atoms. The number of carbonyl (C=O) groups excluding carboxylic acids is 1. The zero-order valence-corrected chi connectivity index (χ0v) is 15.2. The molecule has 138 valence electrons. The summed E-state index contributed by atoms with van der Waals surface area (Å²) in [5.41, 5.74) is 2.30. The van der Waals surface area contributed by atoms with Crippen LogP contribution in [0.2, 0.25) is 0 Å². The minimum atomic E-state index is -0.0253. The van der Waals surface area contributed by atoms with Crippen LogP contribution in [0.1, 0.15) is 39.0 Å². The van der Waals surface area contributed by atoms with Gasteiger partial charge >= 0.3 is 0 Å². The first kappa shape index (κ1) is 19.5. The number of allylic oxidation sites excluding steroid dienone is 1. The lowest BCUT2D eigenvalue weighted by Crippen LogP contribution is -2.29. The van der Waals surface area contributed by atoms with Gasteiger partial charge in [0.2, 0.25) is 5.91 Å². The minimum absolute atomic E-state index is 0.0253. The molecule has 0 saturated carbocycles. The van der Waals surface area contributed by atoms with Crippen LogP contribution in [0.25, 0.3) is 0 Å². The summed E-state index contributed by atoms with van der Waals surface area (Å²) in [6.45, 7) is 4.95. The zero-order valence-electron chi connectivity index (χ0n) is 15.2. The van der Waals surface area contributed by atoms with Gasteiger partial charge in [-0.15, -0.1) is 0 Å². The Morgan fingerprint density at radius 3 is 2.72 bits per heavy atom. The molecular formula is C20H30N2O3. The molecular weight excluding hydrogens is 316 g/mol. The van der Waals surface area contributed by atoms with Gasteiger partial charge in [-0.1, -0.05) is 11.6 Å². The molecule has 0 fully saturated rings. The molecule has 1 aromatic rings. The van der Waals surface area contributed by atoms with E-state index in [0.717, 1.165) is 24.4 Å². The molecule has 25 heavy (non-hydrogen) atoms. The van der Waals surface area contributed by atoms with Crippen LogP contribution in [0, 0.1) is 0 Å². The number of carbonyl (C=O) groups is 1. The van der Waals surface area contributed by atoms with Gasteiger partial charge in [0.15, 0.2) is 0 Å². The van der Waals surface area contributed by atoms with Crippen molar-refractivity contribution in [2.45, 2.75) is 39.0 Å². The maximum absolute atomic E-state index is 12.0. The van der Waals surface area contributed by atoms with E-state index in [0.29, 0.717) is 26.4 Å². The van der Waals surface area contributed by atoms with Gasteiger partial charge in [-0.25, -0.2) is 0 Å². The molecule has 5 heteroatoms. The number of nitrogens with one attached hydrogen (secondary N) is 2. The van der Waals surface area contributed by atoms with E-state index in [1.165, 1.54) is 31.3 Å². The van der Waals surface area contributed by atoms with E-state index in [1.54, 1.807) is 0 Å². The Morgan fingerprint density at radius 1 is 1.16 bits per heavy atom. The molecule has 0 saturated heterocycles. The van der Waals surface area contributed by atoms with Crippen LogP contribution in [0.4, 0.5) is 5.69 Å². The molecule has 1 amide bonds. The summed E-state index contributed by atoms with van der Waals surface area (Å²) in [5.74, 6) is 0.749. The Bertz CT molecular complexity index is 540. The third kappa shape index (κ3) is 8.18. The summed E-state index contributed by atoms with van der Waals surface area (Å²) in [6, 6.07) is 7.40. The Kier molecular flexibility index (Phi) is 9.08. The molecule has 1 aliphatic carbocycles. The average molecular weight is 346 g/mol. The van der Waals surface area contributed by atoms with Gasteiger partial charge in [0.05, 0.1) is 13.2 Å². The molecule has 0 spiro atoms. The number of hydrogen-bond acceptors (Lipinski definition) is 4. The number of anilines is 1. The van der Waals surface area contributed by atoms with Gasteiger partial charge in [0, 0.05) is 12.3 Å². The summed E-state index contributed by atoms with van der Waals surface area (Å²) in [4.78, 5) is 12.0. The van der Waals surface area contributed by atoms with Crippen LogP contribution >= 0.6 is 0 Å². The summed E-state index contributed by atoms with van der Waals surface area (Å²) in [7, 11) is 0. The van der Waals surface area contributed by atoms with E-state index in [4.69, 9.17) is 9.47 Å². The quantitative estimate of drug-likeness (QED) is 0.475. The van der Waals surface area contributed by atoms with Crippen molar-refractivity contribution in [2.75, 3.05) is 38.2 Å². The van der Waals surface area contributed by atoms with Crippen LogP contribution in [0.5, 0.6) is 5.75 Å². The van der Waals surface area contributed by atoms with Crippen molar-refractivity contribution in [3.8, 4) is 5.75 Å². The van der Waals surface area contributed by atoms with Gasteiger partial charge in [0.1, 0.15) is 12.4 Å². The van der Waals surface area contributed by atoms with Crippen molar-refractivity contribution in [1.82, 2.24) is 5.32 Å². The topological polar surface area (TPSA) is 59.6 Å². The second-order valence-corrected chi connectivity index (χ2v) is 6.15. The molecule has 0 radical (unpaired) electrons.